The molecule has 0 N–H and O–H groups in total. The van der Waals surface area contributed by atoms with Crippen LogP contribution in [0.1, 0.15) is 5.56 Å². The highest BCUT2D eigenvalue weighted by molar-refractivity contribution is 8.19. The van der Waals surface area contributed by atoms with Crippen LogP contribution in [0, 0.1) is 0 Å². The number of benzene rings is 1. The number of hydrogen-bond donors (Lipinski definition) is 0. The molecular formula is C17H14N2O4S. The van der Waals surface area contributed by atoms with Gasteiger partial charge in [0.05, 0.1) is 24.8 Å². The van der Waals surface area contributed by atoms with E-state index in [0.29, 0.717) is 22.1 Å². The average molecular weight is 342 g/mol. The summed E-state index contributed by atoms with van der Waals surface area (Å²) in [5.41, 5.74) is 1.19. The van der Waals surface area contributed by atoms with Gasteiger partial charge in [-0.05, 0) is 47.7 Å². The maximum Gasteiger partial charge on any atom is 0.298 e. The van der Waals surface area contributed by atoms with Gasteiger partial charge in [0.15, 0.2) is 0 Å². The lowest BCUT2D eigenvalue weighted by Crippen LogP contribution is -2.28. The fourth-order valence-corrected chi connectivity index (χ4v) is 3.09. The van der Waals surface area contributed by atoms with Crippen LogP contribution >= 0.6 is 11.8 Å². The fourth-order valence-electron chi connectivity index (χ4n) is 2.26. The van der Waals surface area contributed by atoms with E-state index in [2.05, 4.69) is 4.98 Å². The number of amides is 2. The predicted molar refractivity (Wildman–Crippen MR) is 92.2 cm³/mol. The summed E-state index contributed by atoms with van der Waals surface area (Å²) in [6, 6.07) is 8.46. The zero-order valence-electron chi connectivity index (χ0n) is 13.1. The van der Waals surface area contributed by atoms with E-state index in [-0.39, 0.29) is 11.1 Å². The first-order valence-corrected chi connectivity index (χ1v) is 7.85. The summed E-state index contributed by atoms with van der Waals surface area (Å²) < 4.78 is 10.4. The molecule has 7 heteroatoms. The summed E-state index contributed by atoms with van der Waals surface area (Å²) in [5.74, 6) is 0.585. The Hall–Kier alpha value is -2.80. The number of nitrogens with zero attached hydrogens (tertiary/aromatic N) is 2. The van der Waals surface area contributed by atoms with Gasteiger partial charge in [0.25, 0.3) is 11.1 Å². The van der Waals surface area contributed by atoms with Gasteiger partial charge in [-0.25, -0.2) is 4.90 Å². The highest BCUT2D eigenvalue weighted by atomic mass is 32.2. The van der Waals surface area contributed by atoms with Crippen molar-refractivity contribution in [3.05, 3.63) is 53.2 Å². The van der Waals surface area contributed by atoms with E-state index in [1.54, 1.807) is 48.8 Å². The standard InChI is InChI=1S/C17H14N2O4S/c1-22-12-3-4-13(14(10-12)23-2)19-16(20)15(24-17(19)21)9-11-5-7-18-8-6-11/h3-10H,1-2H3/b15-9-. The van der Waals surface area contributed by atoms with Crippen molar-refractivity contribution in [1.29, 1.82) is 0 Å². The Morgan fingerprint density at radius 1 is 1.08 bits per heavy atom. The van der Waals surface area contributed by atoms with Crippen LogP contribution in [0.25, 0.3) is 6.08 Å². The second-order valence-corrected chi connectivity index (χ2v) is 5.83. The zero-order chi connectivity index (χ0) is 17.1. The second kappa shape index (κ2) is 6.76. The topological polar surface area (TPSA) is 68.7 Å². The lowest BCUT2D eigenvalue weighted by atomic mass is 10.2. The molecule has 2 heterocycles. The number of ether oxygens (including phenoxy) is 2. The number of anilines is 1. The Kier molecular flexibility index (Phi) is 4.52. The summed E-state index contributed by atoms with van der Waals surface area (Å²) in [7, 11) is 3.01. The summed E-state index contributed by atoms with van der Waals surface area (Å²) in [4.78, 5) is 30.4. The molecule has 6 nitrogen and oxygen atoms in total. The number of carbonyl (C=O) groups excluding carboxylic acids is 2. The van der Waals surface area contributed by atoms with E-state index in [4.69, 9.17) is 9.47 Å². The van der Waals surface area contributed by atoms with E-state index in [0.717, 1.165) is 22.2 Å². The Morgan fingerprint density at radius 3 is 2.50 bits per heavy atom. The summed E-state index contributed by atoms with van der Waals surface area (Å²) in [5, 5.41) is -0.372. The molecular weight excluding hydrogens is 328 g/mol. The molecule has 0 saturated carbocycles. The highest BCUT2D eigenvalue weighted by Gasteiger charge is 2.37. The molecule has 0 bridgehead atoms. The minimum atomic E-state index is -0.384. The third-order valence-corrected chi connectivity index (χ3v) is 4.29. The number of imide groups is 1. The Balaban J connectivity index is 1.97. The summed E-state index contributed by atoms with van der Waals surface area (Å²) >= 11 is 0.892. The van der Waals surface area contributed by atoms with E-state index in [9.17, 15) is 9.59 Å². The molecule has 0 spiro atoms. The molecule has 0 atom stereocenters. The second-order valence-electron chi connectivity index (χ2n) is 4.84. The third-order valence-electron chi connectivity index (χ3n) is 3.43. The van der Waals surface area contributed by atoms with Crippen LogP contribution in [0.4, 0.5) is 10.5 Å². The first-order valence-electron chi connectivity index (χ1n) is 7.04. The Morgan fingerprint density at radius 2 is 1.83 bits per heavy atom. The monoisotopic (exact) mass is 342 g/mol. The van der Waals surface area contributed by atoms with Crippen molar-refractivity contribution in [2.45, 2.75) is 0 Å². The lowest BCUT2D eigenvalue weighted by Gasteiger charge is -2.16. The van der Waals surface area contributed by atoms with E-state index >= 15 is 0 Å². The van der Waals surface area contributed by atoms with Crippen molar-refractivity contribution in [2.75, 3.05) is 19.1 Å². The highest BCUT2D eigenvalue weighted by Crippen LogP contribution is 2.40. The molecule has 0 radical (unpaired) electrons. The van der Waals surface area contributed by atoms with Crippen LogP contribution < -0.4 is 14.4 Å². The van der Waals surface area contributed by atoms with Gasteiger partial charge in [-0.15, -0.1) is 0 Å². The number of rotatable bonds is 4. The van der Waals surface area contributed by atoms with E-state index in [1.807, 2.05) is 0 Å². The molecule has 2 aromatic rings. The van der Waals surface area contributed by atoms with Crippen LogP contribution in [-0.2, 0) is 4.79 Å². The molecule has 1 aliphatic rings. The maximum absolute atomic E-state index is 12.7. The van der Waals surface area contributed by atoms with Crippen molar-refractivity contribution < 1.29 is 19.1 Å². The Labute approximate surface area is 143 Å². The van der Waals surface area contributed by atoms with Gasteiger partial charge >= 0.3 is 0 Å². The van der Waals surface area contributed by atoms with Gasteiger partial charge in [-0.2, -0.15) is 0 Å². The molecule has 1 aromatic carbocycles. The number of carbonyl (C=O) groups is 2. The van der Waals surface area contributed by atoms with Gasteiger partial charge in [-0.1, -0.05) is 0 Å². The van der Waals surface area contributed by atoms with Gasteiger partial charge in [-0.3, -0.25) is 14.6 Å². The molecule has 1 aromatic heterocycles. The van der Waals surface area contributed by atoms with Crippen molar-refractivity contribution in [1.82, 2.24) is 4.98 Å². The van der Waals surface area contributed by atoms with E-state index < -0.39 is 0 Å². The number of pyridine rings is 1. The van der Waals surface area contributed by atoms with Crippen LogP contribution in [0.5, 0.6) is 11.5 Å². The fraction of sp³-hybridized carbons (Fsp3) is 0.118. The van der Waals surface area contributed by atoms with E-state index in [1.165, 1.54) is 14.2 Å². The van der Waals surface area contributed by atoms with Gasteiger partial charge in [0.1, 0.15) is 11.5 Å². The number of hydrogen-bond acceptors (Lipinski definition) is 6. The lowest BCUT2D eigenvalue weighted by molar-refractivity contribution is -0.113. The van der Waals surface area contributed by atoms with Gasteiger partial charge < -0.3 is 9.47 Å². The van der Waals surface area contributed by atoms with Crippen molar-refractivity contribution in [3.8, 4) is 11.5 Å². The molecule has 1 fully saturated rings. The van der Waals surface area contributed by atoms with Gasteiger partial charge in [0.2, 0.25) is 0 Å². The number of thioether (sulfide) groups is 1. The first kappa shape index (κ1) is 16.1. The maximum atomic E-state index is 12.7. The molecule has 2 amide bonds. The third kappa shape index (κ3) is 2.98. The molecule has 24 heavy (non-hydrogen) atoms. The SMILES string of the molecule is COc1ccc(N2C(=O)S/C(=C\c3ccncc3)C2=O)c(OC)c1. The summed E-state index contributed by atoms with van der Waals surface area (Å²) in [6.45, 7) is 0. The van der Waals surface area contributed by atoms with Crippen LogP contribution in [0.15, 0.2) is 47.6 Å². The number of methoxy groups -OCH3 is 2. The first-order chi connectivity index (χ1) is 11.6. The number of aromatic nitrogens is 1. The normalized spacial score (nSPS) is 15.9. The van der Waals surface area contributed by atoms with Crippen LogP contribution in [-0.4, -0.2) is 30.3 Å². The average Bonchev–Trinajstić information content (AvgIpc) is 2.89. The molecule has 122 valence electrons. The molecule has 0 unspecified atom stereocenters. The molecule has 1 aliphatic heterocycles. The molecule has 3 rings (SSSR count). The quantitative estimate of drug-likeness (QED) is 0.794. The predicted octanol–water partition coefficient (Wildman–Crippen LogP) is 3.34. The molecule has 1 saturated heterocycles. The minimum Gasteiger partial charge on any atom is -0.497 e. The van der Waals surface area contributed by atoms with Crippen molar-refractivity contribution in [3.63, 3.8) is 0 Å². The van der Waals surface area contributed by atoms with Crippen LogP contribution in [0.2, 0.25) is 0 Å². The van der Waals surface area contributed by atoms with Crippen molar-refractivity contribution in [2.24, 2.45) is 0 Å². The smallest absolute Gasteiger partial charge is 0.298 e. The Bertz CT molecular complexity index is 821. The van der Waals surface area contributed by atoms with Crippen molar-refractivity contribution >= 4 is 34.7 Å². The van der Waals surface area contributed by atoms with Crippen LogP contribution in [0.3, 0.4) is 0 Å². The minimum absolute atomic E-state index is 0.351. The zero-order valence-corrected chi connectivity index (χ0v) is 13.9. The molecule has 0 aliphatic carbocycles. The largest absolute Gasteiger partial charge is 0.497 e. The van der Waals surface area contributed by atoms with Gasteiger partial charge in [0, 0.05) is 18.5 Å². The summed E-state index contributed by atoms with van der Waals surface area (Å²) in [6.07, 6.45) is 4.92.